The Hall–Kier alpha value is -1.55. The van der Waals surface area contributed by atoms with E-state index in [1.54, 1.807) is 20.8 Å². The standard InChI is InChI=1S/C20H29NO3/c1-20(2,3)11-14-12-21-7-6-13-8-18(23-4)19(24-5)9-15(13)16(21)10-17(14)22/h8-9,14,16H,6-7,10-12H2,1-5H3/t14-,16-/m0/s1/i5D3,6D2,7D2,10D2,12D2,14D. The van der Waals surface area contributed by atoms with Gasteiger partial charge in [0, 0.05) is 43.6 Å². The van der Waals surface area contributed by atoms with Crippen LogP contribution in [0.15, 0.2) is 12.1 Å². The number of hydrogen-bond acceptors (Lipinski definition) is 4. The zero-order chi connectivity index (χ0) is 28.1. The van der Waals surface area contributed by atoms with Gasteiger partial charge in [-0.05, 0) is 41.5 Å². The van der Waals surface area contributed by atoms with Crippen molar-refractivity contribution in [2.45, 2.75) is 46.0 Å². The molecule has 1 aromatic rings. The Morgan fingerprint density at radius 1 is 1.38 bits per heavy atom. The normalized spacial score (nSPS) is 43.7. The predicted octanol–water partition coefficient (Wildman–Crippen LogP) is 3.63. The molecule has 132 valence electrons. The van der Waals surface area contributed by atoms with Crippen LogP contribution >= 0.6 is 0 Å². The summed E-state index contributed by atoms with van der Waals surface area (Å²) in [5.74, 6) is -4.94. The fourth-order valence-electron chi connectivity index (χ4n) is 2.77. The average molecular weight is 344 g/mol. The third-order valence-electron chi connectivity index (χ3n) is 3.81. The van der Waals surface area contributed by atoms with Crippen molar-refractivity contribution in [1.29, 1.82) is 0 Å². The van der Waals surface area contributed by atoms with Crippen LogP contribution in [0.4, 0.5) is 0 Å². The van der Waals surface area contributed by atoms with Crippen LogP contribution in [0.25, 0.3) is 0 Å². The van der Waals surface area contributed by atoms with E-state index in [0.717, 1.165) is 19.2 Å². The maximum absolute atomic E-state index is 13.5. The highest BCUT2D eigenvalue weighted by atomic mass is 16.5. The minimum atomic E-state index is -3.25. The highest BCUT2D eigenvalue weighted by Crippen LogP contribution is 2.43. The zero-order valence-electron chi connectivity index (χ0n) is 26.1. The molecule has 1 saturated heterocycles. The van der Waals surface area contributed by atoms with Gasteiger partial charge in [0.05, 0.1) is 18.3 Å². The number of hydrogen-bond donors (Lipinski definition) is 0. The molecule has 24 heavy (non-hydrogen) atoms. The van der Waals surface area contributed by atoms with Crippen molar-refractivity contribution in [3.63, 3.8) is 0 Å². The second-order valence-electron chi connectivity index (χ2n) is 7.00. The molecule has 0 aliphatic carbocycles. The molecule has 0 radical (unpaired) electrons. The van der Waals surface area contributed by atoms with Crippen molar-refractivity contribution in [1.82, 2.24) is 4.90 Å². The molecule has 4 nitrogen and oxygen atoms in total. The molecule has 1 fully saturated rings. The number of carbonyl (C=O) groups is 1. The van der Waals surface area contributed by atoms with Crippen LogP contribution in [0.5, 0.6) is 11.5 Å². The number of Topliss-reactive ketones (excluding diaryl/α,β-unsaturated/α-hetero) is 1. The van der Waals surface area contributed by atoms with Gasteiger partial charge in [-0.2, -0.15) is 0 Å². The molecule has 0 N–H and O–H groups in total. The molecule has 1 aromatic carbocycles. The first kappa shape index (κ1) is 7.77. The molecule has 4 heteroatoms. The summed E-state index contributed by atoms with van der Waals surface area (Å²) in [6.07, 6.45) is -6.54. The van der Waals surface area contributed by atoms with Gasteiger partial charge in [0.15, 0.2) is 11.5 Å². The summed E-state index contributed by atoms with van der Waals surface area (Å²) >= 11 is 0. The van der Waals surface area contributed by atoms with E-state index in [1.165, 1.54) is 0 Å². The van der Waals surface area contributed by atoms with Gasteiger partial charge in [0.1, 0.15) is 5.78 Å². The molecule has 0 bridgehead atoms. The van der Waals surface area contributed by atoms with E-state index in [1.807, 2.05) is 0 Å². The summed E-state index contributed by atoms with van der Waals surface area (Å²) in [6, 6.07) is -0.135. The van der Waals surface area contributed by atoms with Gasteiger partial charge < -0.3 is 9.47 Å². The zero-order valence-corrected chi connectivity index (χ0v) is 14.1. The SMILES string of the molecule is [2H]C([2H])([2H])Oc1cc2c(cc1OC)C([2H])([2H])C([2H])([2H])N1[C@H]2C([2H])([2H])C(=O)[C@@]([2H])(CC(C)(C)C)C1([2H])[2H]. The Kier molecular flexibility index (Phi) is 2.07. The Bertz CT molecular complexity index is 1080. The first-order valence-electron chi connectivity index (χ1n) is 13.6. The summed E-state index contributed by atoms with van der Waals surface area (Å²) in [7, 11) is -1.83. The average Bonchev–Trinajstić information content (AvgIpc) is 2.65. The number of benzene rings is 1. The number of nitrogens with zero attached hydrogens (tertiary/aromatic N) is 1. The summed E-state index contributed by atoms with van der Waals surface area (Å²) in [5, 5.41) is 0. The lowest BCUT2D eigenvalue weighted by atomic mass is 9.76. The highest BCUT2D eigenvalue weighted by Gasteiger charge is 2.39. The third-order valence-corrected chi connectivity index (χ3v) is 3.81. The van der Waals surface area contributed by atoms with Gasteiger partial charge in [0.2, 0.25) is 0 Å². The Morgan fingerprint density at radius 2 is 2.12 bits per heavy atom. The molecule has 0 spiro atoms. The number of fused-ring (bicyclic) bond motifs is 3. The quantitative estimate of drug-likeness (QED) is 0.840. The van der Waals surface area contributed by atoms with Crippen LogP contribution in [0.2, 0.25) is 0 Å². The van der Waals surface area contributed by atoms with E-state index in [4.69, 9.17) is 25.9 Å². The van der Waals surface area contributed by atoms with E-state index in [2.05, 4.69) is 0 Å². The number of ketones is 1. The smallest absolute Gasteiger partial charge is 0.161 e. The molecular weight excluding hydrogens is 302 g/mol. The van der Waals surface area contributed by atoms with E-state index in [-0.39, 0.29) is 16.2 Å². The minimum Gasteiger partial charge on any atom is -0.493 e. The molecule has 2 aliphatic rings. The summed E-state index contributed by atoms with van der Waals surface area (Å²) in [5.41, 5.74) is -1.68. The Morgan fingerprint density at radius 3 is 2.79 bits per heavy atom. The maximum Gasteiger partial charge on any atom is 0.161 e. The first-order valence-corrected chi connectivity index (χ1v) is 7.62. The molecule has 2 atom stereocenters. The van der Waals surface area contributed by atoms with Crippen molar-refractivity contribution in [2.75, 3.05) is 27.1 Å². The summed E-state index contributed by atoms with van der Waals surface area (Å²) in [4.78, 5) is 13.8. The van der Waals surface area contributed by atoms with Crippen molar-refractivity contribution in [3.05, 3.63) is 23.3 Å². The highest BCUT2D eigenvalue weighted by molar-refractivity contribution is 5.83. The molecule has 2 aliphatic heterocycles. The van der Waals surface area contributed by atoms with Crippen LogP contribution in [-0.2, 0) is 11.2 Å². The van der Waals surface area contributed by atoms with Crippen molar-refractivity contribution >= 4 is 5.78 Å². The Labute approximate surface area is 162 Å². The van der Waals surface area contributed by atoms with E-state index >= 15 is 0 Å². The molecule has 0 unspecified atom stereocenters. The number of ether oxygens (including phenoxy) is 2. The van der Waals surface area contributed by atoms with Gasteiger partial charge >= 0.3 is 0 Å². The van der Waals surface area contributed by atoms with E-state index in [0.29, 0.717) is 0 Å². The minimum absolute atomic E-state index is 0.272. The lowest BCUT2D eigenvalue weighted by Gasteiger charge is -2.44. The Balaban J connectivity index is 2.43. The van der Waals surface area contributed by atoms with E-state index < -0.39 is 73.6 Å². The van der Waals surface area contributed by atoms with Crippen LogP contribution in [0.1, 0.15) is 67.2 Å². The van der Waals surface area contributed by atoms with Gasteiger partial charge in [-0.25, -0.2) is 0 Å². The maximum atomic E-state index is 13.5. The lowest BCUT2D eigenvalue weighted by molar-refractivity contribution is -0.130. The number of carbonyl (C=O) groups excluding carboxylic acids is 1. The number of rotatable bonds is 3. The van der Waals surface area contributed by atoms with Crippen LogP contribution in [0.3, 0.4) is 0 Å². The molecular formula is C20H29NO3. The van der Waals surface area contributed by atoms with Crippen LogP contribution in [-0.4, -0.2) is 37.8 Å². The molecule has 0 aromatic heterocycles. The third kappa shape index (κ3) is 3.30. The molecule has 0 saturated carbocycles. The molecule has 0 amide bonds. The van der Waals surface area contributed by atoms with E-state index in [9.17, 15) is 4.79 Å². The largest absolute Gasteiger partial charge is 0.493 e. The summed E-state index contributed by atoms with van der Waals surface area (Å²) < 4.78 is 111. The number of aryl methyl sites for hydroxylation is 1. The van der Waals surface area contributed by atoms with Gasteiger partial charge in [-0.3, -0.25) is 9.69 Å². The molecule has 2 heterocycles. The number of methoxy groups -OCH3 is 2. The van der Waals surface area contributed by atoms with Crippen LogP contribution in [0, 0.1) is 11.3 Å². The monoisotopic (exact) mass is 343 g/mol. The van der Waals surface area contributed by atoms with Gasteiger partial charge in [-0.15, -0.1) is 0 Å². The second-order valence-corrected chi connectivity index (χ2v) is 7.00. The van der Waals surface area contributed by atoms with Gasteiger partial charge in [0.25, 0.3) is 0 Å². The molecule has 3 rings (SSSR count). The predicted molar refractivity (Wildman–Crippen MR) is 94.8 cm³/mol. The van der Waals surface area contributed by atoms with Gasteiger partial charge in [-0.1, -0.05) is 20.8 Å². The fourth-order valence-corrected chi connectivity index (χ4v) is 2.77. The lowest BCUT2D eigenvalue weighted by Crippen LogP contribution is -2.47. The fraction of sp³-hybridized carbons (Fsp3) is 0.650. The second kappa shape index (κ2) is 6.40. The summed E-state index contributed by atoms with van der Waals surface area (Å²) in [6.45, 7) is -1.55. The van der Waals surface area contributed by atoms with Crippen molar-refractivity contribution in [2.24, 2.45) is 11.3 Å². The van der Waals surface area contributed by atoms with Crippen molar-refractivity contribution < 1.29 is 30.7 Å². The first-order chi connectivity index (χ1) is 15.9. The topological polar surface area (TPSA) is 38.8 Å². The van der Waals surface area contributed by atoms with Crippen molar-refractivity contribution in [3.8, 4) is 11.5 Å². The van der Waals surface area contributed by atoms with Crippen LogP contribution < -0.4 is 9.47 Å². The number of piperidine rings is 1.